The molecule has 1 nitrogen and oxygen atoms in total. The Labute approximate surface area is 298 Å². The molecule has 0 radical (unpaired) electrons. The van der Waals surface area contributed by atoms with E-state index in [4.69, 9.17) is 4.98 Å². The highest BCUT2D eigenvalue weighted by Gasteiger charge is 2.20. The van der Waals surface area contributed by atoms with Gasteiger partial charge in [-0.3, -0.25) is 0 Å². The first-order chi connectivity index (χ1) is 25.3. The van der Waals surface area contributed by atoms with Crippen molar-refractivity contribution in [3.63, 3.8) is 0 Å². The van der Waals surface area contributed by atoms with Crippen LogP contribution in [0.3, 0.4) is 0 Å². The molecule has 0 amide bonds. The molecule has 11 aromatic rings. The Kier molecular flexibility index (Phi) is 6.19. The van der Waals surface area contributed by atoms with E-state index in [1.54, 1.807) is 0 Å². The van der Waals surface area contributed by atoms with Gasteiger partial charge in [-0.2, -0.15) is 0 Å². The molecule has 0 atom stereocenters. The average Bonchev–Trinajstić information content (AvgIpc) is 3.58. The molecule has 0 spiro atoms. The molecular weight excluding hydrogens is 635 g/mol. The van der Waals surface area contributed by atoms with E-state index in [1.165, 1.54) is 90.9 Å². The third kappa shape index (κ3) is 4.30. The second-order valence-electron chi connectivity index (χ2n) is 13.4. The van der Waals surface area contributed by atoms with Crippen LogP contribution in [0.25, 0.3) is 108 Å². The summed E-state index contributed by atoms with van der Waals surface area (Å²) in [5.41, 5.74) is 8.13. The minimum absolute atomic E-state index is 1.02. The van der Waals surface area contributed by atoms with E-state index in [2.05, 4.69) is 176 Å². The predicted molar refractivity (Wildman–Crippen MR) is 221 cm³/mol. The zero-order valence-corrected chi connectivity index (χ0v) is 28.4. The Bertz CT molecular complexity index is 3150. The Morgan fingerprint density at radius 2 is 0.922 bits per heavy atom. The third-order valence-electron chi connectivity index (χ3n) is 10.6. The number of hydrogen-bond acceptors (Lipinski definition) is 2. The standard InChI is InChI=1S/C49H29NS/c1-2-13-31-28-33(25-24-30(31)12-1)46-39-20-5-3-18-37(39)45(38-19-4-6-21-40(38)46)32-14-11-15-34(29-32)48-47-41(35-16-7-9-22-43(35)50-48)26-27-42-36-17-8-10-23-44(36)51-49(42)47/h1-29H. The number of fused-ring (bicyclic) bond motifs is 10. The number of rotatable bonds is 3. The summed E-state index contributed by atoms with van der Waals surface area (Å²) in [7, 11) is 0. The van der Waals surface area contributed by atoms with Gasteiger partial charge in [0.25, 0.3) is 0 Å². The van der Waals surface area contributed by atoms with Crippen LogP contribution in [0.2, 0.25) is 0 Å². The van der Waals surface area contributed by atoms with Gasteiger partial charge in [0.2, 0.25) is 0 Å². The number of para-hydroxylation sites is 1. The fraction of sp³-hybridized carbons (Fsp3) is 0. The monoisotopic (exact) mass is 663 g/mol. The van der Waals surface area contributed by atoms with Crippen molar-refractivity contribution < 1.29 is 0 Å². The van der Waals surface area contributed by atoms with Crippen LogP contribution < -0.4 is 0 Å². The molecule has 0 aliphatic heterocycles. The quantitative estimate of drug-likeness (QED) is 0.135. The SMILES string of the molecule is c1cc(-c2c3ccccc3c(-c3ccc4ccccc4c3)c3ccccc23)cc(-c2nc3ccccc3c3ccc4c5ccccc5sc4c23)c1. The van der Waals surface area contributed by atoms with Gasteiger partial charge < -0.3 is 0 Å². The van der Waals surface area contributed by atoms with Crippen molar-refractivity contribution in [2.75, 3.05) is 0 Å². The Balaban J connectivity index is 1.20. The molecule has 0 saturated carbocycles. The van der Waals surface area contributed by atoms with Crippen molar-refractivity contribution in [3.05, 3.63) is 176 Å². The van der Waals surface area contributed by atoms with Crippen LogP contribution in [0.4, 0.5) is 0 Å². The maximum atomic E-state index is 5.44. The van der Waals surface area contributed by atoms with Crippen molar-refractivity contribution in [1.82, 2.24) is 4.98 Å². The van der Waals surface area contributed by atoms with Gasteiger partial charge in [0.05, 0.1) is 11.2 Å². The molecule has 0 unspecified atom stereocenters. The van der Waals surface area contributed by atoms with E-state index in [9.17, 15) is 0 Å². The molecule has 2 heterocycles. The Morgan fingerprint density at radius 3 is 1.67 bits per heavy atom. The van der Waals surface area contributed by atoms with Gasteiger partial charge in [0.1, 0.15) is 0 Å². The summed E-state index contributed by atoms with van der Waals surface area (Å²) >= 11 is 1.87. The van der Waals surface area contributed by atoms with E-state index in [0.717, 1.165) is 16.8 Å². The normalized spacial score (nSPS) is 11.9. The summed E-state index contributed by atoms with van der Waals surface area (Å²) in [5, 5.41) is 13.8. The van der Waals surface area contributed by atoms with E-state index >= 15 is 0 Å². The summed E-state index contributed by atoms with van der Waals surface area (Å²) in [6.45, 7) is 0. The summed E-state index contributed by atoms with van der Waals surface area (Å²) in [4.78, 5) is 5.44. The van der Waals surface area contributed by atoms with Crippen LogP contribution in [0.5, 0.6) is 0 Å². The molecule has 0 fully saturated rings. The van der Waals surface area contributed by atoms with Gasteiger partial charge in [-0.25, -0.2) is 4.98 Å². The summed E-state index contributed by atoms with van der Waals surface area (Å²) in [6, 6.07) is 64.3. The van der Waals surface area contributed by atoms with Crippen molar-refractivity contribution in [2.45, 2.75) is 0 Å². The number of hydrogen-bond donors (Lipinski definition) is 0. The lowest BCUT2D eigenvalue weighted by Crippen LogP contribution is -1.93. The summed E-state index contributed by atoms with van der Waals surface area (Å²) < 4.78 is 2.60. The summed E-state index contributed by atoms with van der Waals surface area (Å²) in [5.74, 6) is 0. The van der Waals surface area contributed by atoms with E-state index in [0.29, 0.717) is 0 Å². The Hall–Kier alpha value is -6.35. The first-order valence-electron chi connectivity index (χ1n) is 17.5. The van der Waals surface area contributed by atoms with Crippen molar-refractivity contribution >= 4 is 85.5 Å². The van der Waals surface area contributed by atoms with Gasteiger partial charge in [-0.1, -0.05) is 152 Å². The molecule has 0 bridgehead atoms. The second kappa shape index (κ2) is 11.1. The van der Waals surface area contributed by atoms with Crippen LogP contribution in [0.15, 0.2) is 176 Å². The number of thiophene rings is 1. The zero-order chi connectivity index (χ0) is 33.5. The fourth-order valence-electron chi connectivity index (χ4n) is 8.35. The van der Waals surface area contributed by atoms with Crippen LogP contribution >= 0.6 is 11.3 Å². The highest BCUT2D eigenvalue weighted by atomic mass is 32.1. The fourth-order valence-corrected chi connectivity index (χ4v) is 9.60. The second-order valence-corrected chi connectivity index (χ2v) is 14.5. The molecule has 11 rings (SSSR count). The molecular formula is C49H29NS. The number of aromatic nitrogens is 1. The predicted octanol–water partition coefficient (Wildman–Crippen LogP) is 14.2. The molecule has 51 heavy (non-hydrogen) atoms. The highest BCUT2D eigenvalue weighted by molar-refractivity contribution is 7.26. The largest absolute Gasteiger partial charge is 0.247 e. The lowest BCUT2D eigenvalue weighted by Gasteiger charge is -2.18. The first kappa shape index (κ1) is 28.5. The molecule has 236 valence electrons. The van der Waals surface area contributed by atoms with Gasteiger partial charge >= 0.3 is 0 Å². The van der Waals surface area contributed by atoms with Crippen LogP contribution in [0, 0.1) is 0 Å². The van der Waals surface area contributed by atoms with Crippen molar-refractivity contribution in [3.8, 4) is 33.5 Å². The van der Waals surface area contributed by atoms with Crippen LogP contribution in [0.1, 0.15) is 0 Å². The zero-order valence-electron chi connectivity index (χ0n) is 27.6. The van der Waals surface area contributed by atoms with Gasteiger partial charge in [-0.05, 0) is 84.2 Å². The molecule has 2 aromatic heterocycles. The van der Waals surface area contributed by atoms with Crippen LogP contribution in [-0.4, -0.2) is 4.98 Å². The third-order valence-corrected chi connectivity index (χ3v) is 11.8. The molecule has 9 aromatic carbocycles. The molecule has 2 heteroatoms. The topological polar surface area (TPSA) is 12.9 Å². The molecule has 0 aliphatic carbocycles. The average molecular weight is 664 g/mol. The van der Waals surface area contributed by atoms with Gasteiger partial charge in [0.15, 0.2) is 0 Å². The van der Waals surface area contributed by atoms with Crippen LogP contribution in [-0.2, 0) is 0 Å². The minimum Gasteiger partial charge on any atom is -0.247 e. The maximum absolute atomic E-state index is 5.44. The Morgan fingerprint density at radius 1 is 0.353 bits per heavy atom. The molecule has 0 saturated heterocycles. The van der Waals surface area contributed by atoms with Crippen molar-refractivity contribution in [2.24, 2.45) is 0 Å². The van der Waals surface area contributed by atoms with E-state index in [1.807, 2.05) is 11.3 Å². The lowest BCUT2D eigenvalue weighted by molar-refractivity contribution is 1.43. The van der Waals surface area contributed by atoms with Crippen molar-refractivity contribution in [1.29, 1.82) is 0 Å². The van der Waals surface area contributed by atoms with E-state index in [-0.39, 0.29) is 0 Å². The number of nitrogens with zero attached hydrogens (tertiary/aromatic N) is 1. The van der Waals surface area contributed by atoms with E-state index < -0.39 is 0 Å². The van der Waals surface area contributed by atoms with Gasteiger partial charge in [-0.15, -0.1) is 11.3 Å². The smallest absolute Gasteiger partial charge is 0.0802 e. The first-order valence-corrected chi connectivity index (χ1v) is 18.3. The van der Waals surface area contributed by atoms with Gasteiger partial charge in [0, 0.05) is 36.5 Å². The lowest BCUT2D eigenvalue weighted by atomic mass is 9.85. The highest BCUT2D eigenvalue weighted by Crippen LogP contribution is 2.47. The number of benzene rings is 9. The molecule has 0 aliphatic rings. The number of pyridine rings is 1. The minimum atomic E-state index is 1.02. The molecule has 0 N–H and O–H groups in total. The summed E-state index contributed by atoms with van der Waals surface area (Å²) in [6.07, 6.45) is 0. The maximum Gasteiger partial charge on any atom is 0.0802 e.